The van der Waals surface area contributed by atoms with Crippen LogP contribution >= 0.6 is 0 Å². The Labute approximate surface area is 243 Å². The minimum Gasteiger partial charge on any atom is -0.497 e. The number of benzene rings is 2. The molecule has 2 N–H and O–H groups in total. The number of nitrogens with one attached hydrogen (secondary N) is 1. The van der Waals surface area contributed by atoms with Crippen molar-refractivity contribution in [2.75, 3.05) is 40.0 Å². The summed E-state index contributed by atoms with van der Waals surface area (Å²) in [6.07, 6.45) is -0.636. The maximum absolute atomic E-state index is 13.6. The third-order valence-electron chi connectivity index (χ3n) is 7.47. The minimum absolute atomic E-state index is 0.00223. The van der Waals surface area contributed by atoms with Crippen molar-refractivity contribution in [2.45, 2.75) is 62.4 Å². The van der Waals surface area contributed by atoms with Crippen LogP contribution in [-0.2, 0) is 30.7 Å². The largest absolute Gasteiger partial charge is 0.497 e. The summed E-state index contributed by atoms with van der Waals surface area (Å²) in [5.41, 5.74) is 0.880. The number of methoxy groups -OCH3 is 1. The number of ether oxygens (including phenoxy) is 4. The second kappa shape index (κ2) is 14.5. The first-order valence-electron chi connectivity index (χ1n) is 14.2. The molecule has 2 heterocycles. The Balaban J connectivity index is 1.49. The Kier molecular flexibility index (Phi) is 11.0. The summed E-state index contributed by atoms with van der Waals surface area (Å²) >= 11 is 0. The first kappa shape index (κ1) is 31.2. The van der Waals surface area contributed by atoms with Crippen LogP contribution < -0.4 is 10.1 Å². The molecule has 2 fully saturated rings. The molecule has 2 aromatic carbocycles. The van der Waals surface area contributed by atoms with E-state index in [2.05, 4.69) is 5.32 Å². The summed E-state index contributed by atoms with van der Waals surface area (Å²) in [6.45, 7) is 5.33. The minimum atomic E-state index is -3.94. The number of aliphatic hydroxyl groups excluding tert-OH is 1. The topological polar surface area (TPSA) is 124 Å². The van der Waals surface area contributed by atoms with Crippen molar-refractivity contribution in [2.24, 2.45) is 11.8 Å². The highest BCUT2D eigenvalue weighted by molar-refractivity contribution is 7.89. The van der Waals surface area contributed by atoms with Crippen LogP contribution in [0.25, 0.3) is 0 Å². The van der Waals surface area contributed by atoms with E-state index in [1.54, 1.807) is 12.1 Å². The first-order valence-corrected chi connectivity index (χ1v) is 15.6. The van der Waals surface area contributed by atoms with Crippen LogP contribution in [0.2, 0.25) is 0 Å². The molecule has 41 heavy (non-hydrogen) atoms. The van der Waals surface area contributed by atoms with Gasteiger partial charge in [0.05, 0.1) is 43.5 Å². The van der Waals surface area contributed by atoms with Gasteiger partial charge in [-0.3, -0.25) is 0 Å². The van der Waals surface area contributed by atoms with E-state index < -0.39 is 34.4 Å². The zero-order valence-corrected chi connectivity index (χ0v) is 24.8. The van der Waals surface area contributed by atoms with Gasteiger partial charge in [-0.2, -0.15) is 4.31 Å². The van der Waals surface area contributed by atoms with Gasteiger partial charge in [0.25, 0.3) is 0 Å². The SMILES string of the molecule is COc1ccc(S(=O)(=O)N(CC(C)C)C[C@@H](O)[C@H](Cc2ccccc2)NC(=O)OC2COCC3CCOC3C2)cc1. The molecule has 2 aliphatic rings. The number of carbonyl (C=O) groups excluding carboxylic acids is 1. The molecule has 5 atom stereocenters. The number of rotatable bonds is 12. The molecule has 0 radical (unpaired) electrons. The predicted octanol–water partition coefficient (Wildman–Crippen LogP) is 3.23. The highest BCUT2D eigenvalue weighted by Crippen LogP contribution is 2.28. The number of carbonyl (C=O) groups is 1. The van der Waals surface area contributed by atoms with E-state index >= 15 is 0 Å². The van der Waals surface area contributed by atoms with E-state index in [9.17, 15) is 18.3 Å². The van der Waals surface area contributed by atoms with Crippen LogP contribution in [0.1, 0.15) is 32.3 Å². The second-order valence-corrected chi connectivity index (χ2v) is 13.1. The van der Waals surface area contributed by atoms with Crippen LogP contribution in [-0.4, -0.2) is 88.3 Å². The molecule has 2 aromatic rings. The quantitative estimate of drug-likeness (QED) is 0.386. The van der Waals surface area contributed by atoms with E-state index in [1.807, 2.05) is 44.2 Å². The zero-order chi connectivity index (χ0) is 29.4. The second-order valence-electron chi connectivity index (χ2n) is 11.2. The average molecular weight is 591 g/mol. The normalized spacial score (nSPS) is 22.5. The smallest absolute Gasteiger partial charge is 0.407 e. The Morgan fingerprint density at radius 2 is 1.83 bits per heavy atom. The number of aliphatic hydroxyl groups is 1. The van der Waals surface area contributed by atoms with Gasteiger partial charge in [0.15, 0.2) is 0 Å². The van der Waals surface area contributed by atoms with Gasteiger partial charge in [-0.05, 0) is 48.6 Å². The molecule has 226 valence electrons. The standard InChI is InChI=1S/C30H42N2O8S/c1-21(2)17-32(41(35,36)26-11-9-24(37-3)10-12-26)18-28(33)27(15-22-7-5-4-6-8-22)31-30(34)40-25-16-29-23(13-14-39-29)19-38-20-25/h4-12,21,23,25,27-29,33H,13-20H2,1-3H3,(H,31,34)/t23?,25?,27-,28+,29?/m0/s1. The number of nitrogens with zero attached hydrogens (tertiary/aromatic N) is 1. The lowest BCUT2D eigenvalue weighted by Crippen LogP contribution is -2.51. The summed E-state index contributed by atoms with van der Waals surface area (Å²) in [5.74, 6) is 0.843. The average Bonchev–Trinajstić information content (AvgIpc) is 3.30. The van der Waals surface area contributed by atoms with Crippen LogP contribution in [0, 0.1) is 11.8 Å². The van der Waals surface area contributed by atoms with Crippen LogP contribution in [0.3, 0.4) is 0 Å². The van der Waals surface area contributed by atoms with Crippen LogP contribution in [0.15, 0.2) is 59.5 Å². The van der Waals surface area contributed by atoms with Gasteiger partial charge in [-0.1, -0.05) is 44.2 Å². The van der Waals surface area contributed by atoms with E-state index in [0.717, 1.165) is 12.0 Å². The highest BCUT2D eigenvalue weighted by Gasteiger charge is 2.36. The lowest BCUT2D eigenvalue weighted by molar-refractivity contribution is 0.0113. The molecule has 2 aliphatic heterocycles. The van der Waals surface area contributed by atoms with E-state index in [0.29, 0.717) is 31.3 Å². The summed E-state index contributed by atoms with van der Waals surface area (Å²) in [6, 6.07) is 14.7. The molecule has 4 rings (SSSR count). The van der Waals surface area contributed by atoms with Crippen LogP contribution in [0.4, 0.5) is 4.79 Å². The number of amides is 1. The monoisotopic (exact) mass is 590 g/mol. The Morgan fingerprint density at radius 1 is 1.10 bits per heavy atom. The Morgan fingerprint density at radius 3 is 2.51 bits per heavy atom. The fraction of sp³-hybridized carbons (Fsp3) is 0.567. The molecule has 1 amide bonds. The van der Waals surface area contributed by atoms with Crippen molar-refractivity contribution >= 4 is 16.1 Å². The molecule has 10 nitrogen and oxygen atoms in total. The number of hydrogen-bond acceptors (Lipinski definition) is 8. The number of hydrogen-bond donors (Lipinski definition) is 2. The van der Waals surface area contributed by atoms with Crippen molar-refractivity contribution < 1.29 is 37.3 Å². The zero-order valence-electron chi connectivity index (χ0n) is 24.0. The van der Waals surface area contributed by atoms with Gasteiger partial charge in [0.2, 0.25) is 10.0 Å². The first-order chi connectivity index (χ1) is 19.7. The summed E-state index contributed by atoms with van der Waals surface area (Å²) in [5, 5.41) is 14.2. The lowest BCUT2D eigenvalue weighted by atomic mass is 9.99. The lowest BCUT2D eigenvalue weighted by Gasteiger charge is -2.31. The Bertz CT molecular complexity index is 1210. The fourth-order valence-corrected chi connectivity index (χ4v) is 6.92. The van der Waals surface area contributed by atoms with Gasteiger partial charge < -0.3 is 29.4 Å². The molecule has 11 heteroatoms. The van der Waals surface area contributed by atoms with Gasteiger partial charge >= 0.3 is 6.09 Å². The third-order valence-corrected chi connectivity index (χ3v) is 9.32. The van der Waals surface area contributed by atoms with Crippen molar-refractivity contribution in [3.8, 4) is 5.75 Å². The van der Waals surface area contributed by atoms with Crippen LogP contribution in [0.5, 0.6) is 5.75 Å². The third kappa shape index (κ3) is 8.65. The van der Waals surface area contributed by atoms with Crippen molar-refractivity contribution in [3.63, 3.8) is 0 Å². The molecule has 0 aliphatic carbocycles. The summed E-state index contributed by atoms with van der Waals surface area (Å²) in [7, 11) is -2.43. The molecule has 0 spiro atoms. The predicted molar refractivity (Wildman–Crippen MR) is 153 cm³/mol. The highest BCUT2D eigenvalue weighted by atomic mass is 32.2. The van der Waals surface area contributed by atoms with E-state index in [4.69, 9.17) is 18.9 Å². The number of fused-ring (bicyclic) bond motifs is 1. The summed E-state index contributed by atoms with van der Waals surface area (Å²) in [4.78, 5) is 13.2. The molecule has 0 aromatic heterocycles. The maximum atomic E-state index is 13.6. The van der Waals surface area contributed by atoms with Crippen molar-refractivity contribution in [1.29, 1.82) is 0 Å². The van der Waals surface area contributed by atoms with E-state index in [-0.39, 0.29) is 43.0 Å². The fourth-order valence-electron chi connectivity index (χ4n) is 5.30. The molecule has 0 bridgehead atoms. The molecule has 0 saturated carbocycles. The molecule has 2 saturated heterocycles. The van der Waals surface area contributed by atoms with E-state index in [1.165, 1.54) is 23.5 Å². The van der Waals surface area contributed by atoms with Gasteiger partial charge in [0.1, 0.15) is 11.9 Å². The Hall–Kier alpha value is -2.70. The molecular formula is C30H42N2O8S. The number of sulfonamides is 1. The number of alkyl carbamates (subject to hydrolysis) is 1. The van der Waals surface area contributed by atoms with Gasteiger partial charge in [-0.15, -0.1) is 0 Å². The molecular weight excluding hydrogens is 548 g/mol. The van der Waals surface area contributed by atoms with Crippen molar-refractivity contribution in [1.82, 2.24) is 9.62 Å². The van der Waals surface area contributed by atoms with Gasteiger partial charge in [-0.25, -0.2) is 13.2 Å². The summed E-state index contributed by atoms with van der Waals surface area (Å²) < 4.78 is 50.9. The molecule has 3 unspecified atom stereocenters. The maximum Gasteiger partial charge on any atom is 0.407 e. The van der Waals surface area contributed by atoms with Crippen molar-refractivity contribution in [3.05, 3.63) is 60.2 Å². The van der Waals surface area contributed by atoms with Gasteiger partial charge in [0, 0.05) is 32.0 Å².